The van der Waals surface area contributed by atoms with Crippen molar-refractivity contribution < 1.29 is 9.59 Å². The second-order valence-electron chi connectivity index (χ2n) is 7.51. The standard InChI is InChI=1S/C21H26N4O2/c1-15-7-6-8-16(13-15)14-22-20(26)18-17-9-2-3-12-25(17)19(23-18)21(27)24-10-4-5-11-24/h6-8,13H,2-5,9-12,14H2,1H3,(H,22,26). The first kappa shape index (κ1) is 17.8. The molecule has 2 aromatic rings. The van der Waals surface area contributed by atoms with Crippen molar-refractivity contribution in [1.29, 1.82) is 0 Å². The van der Waals surface area contributed by atoms with Crippen LogP contribution in [-0.4, -0.2) is 39.4 Å². The molecular weight excluding hydrogens is 340 g/mol. The summed E-state index contributed by atoms with van der Waals surface area (Å²) in [5.74, 6) is 0.211. The highest BCUT2D eigenvalue weighted by molar-refractivity contribution is 5.97. The molecule has 0 unspecified atom stereocenters. The lowest BCUT2D eigenvalue weighted by Crippen LogP contribution is -2.31. The summed E-state index contributed by atoms with van der Waals surface area (Å²) in [7, 11) is 0. The maximum Gasteiger partial charge on any atom is 0.289 e. The third-order valence-corrected chi connectivity index (χ3v) is 5.45. The van der Waals surface area contributed by atoms with Gasteiger partial charge in [-0.05, 0) is 44.6 Å². The highest BCUT2D eigenvalue weighted by Gasteiger charge is 2.30. The van der Waals surface area contributed by atoms with Gasteiger partial charge >= 0.3 is 0 Å². The van der Waals surface area contributed by atoms with E-state index in [4.69, 9.17) is 0 Å². The van der Waals surface area contributed by atoms with Gasteiger partial charge in [0.15, 0.2) is 5.82 Å². The third-order valence-electron chi connectivity index (χ3n) is 5.45. The number of carbonyl (C=O) groups is 2. The molecule has 1 aromatic carbocycles. The fourth-order valence-corrected chi connectivity index (χ4v) is 4.04. The van der Waals surface area contributed by atoms with Crippen molar-refractivity contribution in [1.82, 2.24) is 19.8 Å². The van der Waals surface area contributed by atoms with E-state index >= 15 is 0 Å². The van der Waals surface area contributed by atoms with Gasteiger partial charge in [0.1, 0.15) is 5.69 Å². The third kappa shape index (κ3) is 3.61. The zero-order valence-corrected chi connectivity index (χ0v) is 15.8. The molecule has 4 rings (SSSR count). The number of rotatable bonds is 4. The van der Waals surface area contributed by atoms with Crippen LogP contribution in [-0.2, 0) is 19.5 Å². The van der Waals surface area contributed by atoms with Crippen LogP contribution in [0.15, 0.2) is 24.3 Å². The summed E-state index contributed by atoms with van der Waals surface area (Å²) in [5, 5.41) is 2.97. The number of nitrogens with zero attached hydrogens (tertiary/aromatic N) is 3. The first-order valence-corrected chi connectivity index (χ1v) is 9.86. The van der Waals surface area contributed by atoms with Gasteiger partial charge in [-0.3, -0.25) is 9.59 Å². The van der Waals surface area contributed by atoms with E-state index < -0.39 is 0 Å². The Hall–Kier alpha value is -2.63. The molecule has 0 saturated carbocycles. The molecule has 6 nitrogen and oxygen atoms in total. The molecule has 0 aliphatic carbocycles. The summed E-state index contributed by atoms with van der Waals surface area (Å²) in [5.41, 5.74) is 3.56. The maximum absolute atomic E-state index is 12.9. The average molecular weight is 366 g/mol. The van der Waals surface area contributed by atoms with Crippen molar-refractivity contribution >= 4 is 11.8 Å². The lowest BCUT2D eigenvalue weighted by Gasteiger charge is -2.19. The number of likely N-dealkylation sites (tertiary alicyclic amines) is 1. The van der Waals surface area contributed by atoms with Gasteiger partial charge in [0.05, 0.1) is 5.69 Å². The minimum Gasteiger partial charge on any atom is -0.347 e. The van der Waals surface area contributed by atoms with Crippen LogP contribution in [0.5, 0.6) is 0 Å². The summed E-state index contributed by atoms with van der Waals surface area (Å²) in [6.45, 7) is 4.84. The second-order valence-corrected chi connectivity index (χ2v) is 7.51. The molecule has 142 valence electrons. The number of aryl methyl sites for hydroxylation is 1. The van der Waals surface area contributed by atoms with E-state index in [2.05, 4.69) is 16.4 Å². The number of nitrogens with one attached hydrogen (secondary N) is 1. The smallest absolute Gasteiger partial charge is 0.289 e. The van der Waals surface area contributed by atoms with Crippen molar-refractivity contribution in [2.45, 2.75) is 52.1 Å². The first-order valence-electron chi connectivity index (χ1n) is 9.86. The van der Waals surface area contributed by atoms with Crippen LogP contribution in [0.1, 0.15) is 63.6 Å². The summed E-state index contributed by atoms with van der Waals surface area (Å²) in [6, 6.07) is 8.08. The van der Waals surface area contributed by atoms with Crippen molar-refractivity contribution in [3.63, 3.8) is 0 Å². The predicted molar refractivity (Wildman–Crippen MR) is 103 cm³/mol. The van der Waals surface area contributed by atoms with E-state index in [1.54, 1.807) is 0 Å². The predicted octanol–water partition coefficient (Wildman–Crippen LogP) is 2.69. The van der Waals surface area contributed by atoms with E-state index in [1.165, 1.54) is 5.56 Å². The summed E-state index contributed by atoms with van der Waals surface area (Å²) in [6.07, 6.45) is 4.94. The first-order chi connectivity index (χ1) is 13.1. The number of benzene rings is 1. The molecule has 0 radical (unpaired) electrons. The molecule has 1 saturated heterocycles. The molecule has 2 amide bonds. The fourth-order valence-electron chi connectivity index (χ4n) is 4.04. The largest absolute Gasteiger partial charge is 0.347 e. The number of fused-ring (bicyclic) bond motifs is 1. The summed E-state index contributed by atoms with van der Waals surface area (Å²) < 4.78 is 1.98. The highest BCUT2D eigenvalue weighted by Crippen LogP contribution is 2.23. The van der Waals surface area contributed by atoms with Crippen molar-refractivity contribution in [3.8, 4) is 0 Å². The Bertz CT molecular complexity index is 865. The van der Waals surface area contributed by atoms with E-state index in [0.29, 0.717) is 18.1 Å². The van der Waals surface area contributed by atoms with Crippen molar-refractivity contribution in [2.75, 3.05) is 13.1 Å². The highest BCUT2D eigenvalue weighted by atomic mass is 16.2. The second kappa shape index (κ2) is 7.55. The Morgan fingerprint density at radius 3 is 2.67 bits per heavy atom. The van der Waals surface area contributed by atoms with Gasteiger partial charge in [-0.15, -0.1) is 0 Å². The van der Waals surface area contributed by atoms with E-state index in [0.717, 1.165) is 63.0 Å². The van der Waals surface area contributed by atoms with Crippen LogP contribution in [0.2, 0.25) is 0 Å². The van der Waals surface area contributed by atoms with E-state index in [9.17, 15) is 9.59 Å². The normalized spacial score (nSPS) is 16.3. The Morgan fingerprint density at radius 1 is 1.11 bits per heavy atom. The summed E-state index contributed by atoms with van der Waals surface area (Å²) >= 11 is 0. The van der Waals surface area contributed by atoms with Crippen molar-refractivity contribution in [3.05, 3.63) is 52.6 Å². The van der Waals surface area contributed by atoms with Gasteiger partial charge in [-0.2, -0.15) is 0 Å². The van der Waals surface area contributed by atoms with Gasteiger partial charge in [-0.1, -0.05) is 29.8 Å². The molecule has 0 spiro atoms. The molecule has 1 N–H and O–H groups in total. The minimum absolute atomic E-state index is 0.0339. The molecule has 2 aliphatic rings. The van der Waals surface area contributed by atoms with Crippen LogP contribution in [0.4, 0.5) is 0 Å². The topological polar surface area (TPSA) is 67.2 Å². The number of hydrogen-bond acceptors (Lipinski definition) is 3. The van der Waals surface area contributed by atoms with Crippen LogP contribution in [0.3, 0.4) is 0 Å². The van der Waals surface area contributed by atoms with Gasteiger partial charge < -0.3 is 14.8 Å². The lowest BCUT2D eigenvalue weighted by molar-refractivity contribution is 0.0774. The average Bonchev–Trinajstić information content (AvgIpc) is 3.34. The zero-order valence-electron chi connectivity index (χ0n) is 15.8. The van der Waals surface area contributed by atoms with Gasteiger partial charge in [0, 0.05) is 26.2 Å². The Kier molecular flexibility index (Phi) is 4.97. The number of carbonyl (C=O) groups excluding carboxylic acids is 2. The van der Waals surface area contributed by atoms with Gasteiger partial charge in [-0.25, -0.2) is 4.98 Å². The number of hydrogen-bond donors (Lipinski definition) is 1. The zero-order chi connectivity index (χ0) is 18.8. The number of aromatic nitrogens is 2. The molecular formula is C21H26N4O2. The molecule has 1 aromatic heterocycles. The molecule has 6 heteroatoms. The van der Waals surface area contributed by atoms with Crippen molar-refractivity contribution in [2.24, 2.45) is 0 Å². The number of imidazole rings is 1. The molecule has 0 bridgehead atoms. The molecule has 0 atom stereocenters. The Balaban J connectivity index is 1.56. The fraction of sp³-hybridized carbons (Fsp3) is 0.476. The maximum atomic E-state index is 12.9. The van der Waals surface area contributed by atoms with E-state index in [-0.39, 0.29) is 11.8 Å². The van der Waals surface area contributed by atoms with Gasteiger partial charge in [0.2, 0.25) is 0 Å². The molecule has 27 heavy (non-hydrogen) atoms. The monoisotopic (exact) mass is 366 g/mol. The SMILES string of the molecule is Cc1cccc(CNC(=O)c2nc(C(=O)N3CCCC3)n3c2CCCC3)c1. The molecule has 1 fully saturated rings. The Morgan fingerprint density at radius 2 is 1.89 bits per heavy atom. The van der Waals surface area contributed by atoms with E-state index in [1.807, 2.05) is 34.6 Å². The van der Waals surface area contributed by atoms with Crippen LogP contribution < -0.4 is 5.32 Å². The minimum atomic E-state index is -0.192. The number of amides is 2. The van der Waals surface area contributed by atoms with Crippen LogP contribution >= 0.6 is 0 Å². The van der Waals surface area contributed by atoms with Gasteiger partial charge in [0.25, 0.3) is 11.8 Å². The lowest BCUT2D eigenvalue weighted by atomic mass is 10.1. The Labute approximate surface area is 159 Å². The summed E-state index contributed by atoms with van der Waals surface area (Å²) in [4.78, 5) is 32.1. The van der Waals surface area contributed by atoms with Crippen LogP contribution in [0.25, 0.3) is 0 Å². The van der Waals surface area contributed by atoms with Crippen LogP contribution in [0, 0.1) is 6.92 Å². The molecule has 2 aliphatic heterocycles. The molecule has 3 heterocycles. The quantitative estimate of drug-likeness (QED) is 0.905.